The van der Waals surface area contributed by atoms with E-state index in [1.807, 2.05) is 25.1 Å². The number of anilines is 2. The van der Waals surface area contributed by atoms with Gasteiger partial charge in [-0.25, -0.2) is 0 Å². The van der Waals surface area contributed by atoms with Gasteiger partial charge in [-0.2, -0.15) is 5.26 Å². The molecule has 1 aliphatic carbocycles. The molecule has 0 aliphatic heterocycles. The van der Waals surface area contributed by atoms with Crippen LogP contribution in [0.5, 0.6) is 0 Å². The Morgan fingerprint density at radius 3 is 2.85 bits per heavy atom. The van der Waals surface area contributed by atoms with Crippen molar-refractivity contribution >= 4 is 51.4 Å². The molecule has 6 nitrogen and oxygen atoms in total. The fourth-order valence-electron chi connectivity index (χ4n) is 2.96. The third-order valence-corrected chi connectivity index (χ3v) is 6.84. The highest BCUT2D eigenvalue weighted by Gasteiger charge is 2.33. The average molecular weight is 422 g/mol. The molecular weight excluding hydrogens is 402 g/mol. The molecule has 9 heteroatoms. The highest BCUT2D eigenvalue weighted by molar-refractivity contribution is 8.01. The number of nitrogens with one attached hydrogen (secondary N) is 2. The molecule has 1 aromatic carbocycles. The SMILES string of the molecule is Cc1ccc(Nc2nnc(SCC(=O)NC3(C#N)CCCCC3)s2)cc1Cl. The molecule has 1 amide bonds. The van der Waals surface area contributed by atoms with E-state index in [4.69, 9.17) is 11.6 Å². The Kier molecular flexibility index (Phi) is 6.58. The maximum absolute atomic E-state index is 12.3. The number of aromatic nitrogens is 2. The van der Waals surface area contributed by atoms with Gasteiger partial charge >= 0.3 is 0 Å². The first-order chi connectivity index (χ1) is 13.0. The number of rotatable bonds is 6. The lowest BCUT2D eigenvalue weighted by Crippen LogP contribution is -2.49. The molecule has 1 saturated carbocycles. The first-order valence-electron chi connectivity index (χ1n) is 8.71. The minimum atomic E-state index is -0.700. The van der Waals surface area contributed by atoms with Gasteiger partial charge in [0.1, 0.15) is 5.54 Å². The van der Waals surface area contributed by atoms with Crippen LogP contribution >= 0.6 is 34.7 Å². The summed E-state index contributed by atoms with van der Waals surface area (Å²) in [7, 11) is 0. The Bertz CT molecular complexity index is 858. The summed E-state index contributed by atoms with van der Waals surface area (Å²) in [6.07, 6.45) is 4.55. The van der Waals surface area contributed by atoms with E-state index in [9.17, 15) is 10.1 Å². The van der Waals surface area contributed by atoms with Gasteiger partial charge in [0, 0.05) is 10.7 Å². The summed E-state index contributed by atoms with van der Waals surface area (Å²) < 4.78 is 0.695. The largest absolute Gasteiger partial charge is 0.337 e. The van der Waals surface area contributed by atoms with Crippen LogP contribution in [0.1, 0.15) is 37.7 Å². The Morgan fingerprint density at radius 1 is 1.37 bits per heavy atom. The van der Waals surface area contributed by atoms with Crippen LogP contribution in [-0.4, -0.2) is 27.4 Å². The van der Waals surface area contributed by atoms with Gasteiger partial charge in [0.05, 0.1) is 11.8 Å². The van der Waals surface area contributed by atoms with E-state index in [2.05, 4.69) is 26.9 Å². The molecule has 0 saturated heterocycles. The lowest BCUT2D eigenvalue weighted by Gasteiger charge is -2.31. The van der Waals surface area contributed by atoms with Crippen molar-refractivity contribution in [1.29, 1.82) is 5.26 Å². The summed E-state index contributed by atoms with van der Waals surface area (Å²) in [5.74, 6) is 0.0764. The molecule has 0 radical (unpaired) electrons. The zero-order chi connectivity index (χ0) is 19.3. The molecule has 0 spiro atoms. The molecule has 2 N–H and O–H groups in total. The molecule has 0 atom stereocenters. The van der Waals surface area contributed by atoms with E-state index >= 15 is 0 Å². The van der Waals surface area contributed by atoms with Crippen molar-refractivity contribution in [2.75, 3.05) is 11.1 Å². The van der Waals surface area contributed by atoms with Crippen molar-refractivity contribution in [2.24, 2.45) is 0 Å². The normalized spacial score (nSPS) is 15.7. The second-order valence-corrected chi connectivity index (χ2v) is 9.16. The lowest BCUT2D eigenvalue weighted by molar-refractivity contribution is -0.120. The van der Waals surface area contributed by atoms with Crippen LogP contribution < -0.4 is 10.6 Å². The van der Waals surface area contributed by atoms with Crippen LogP contribution in [0.2, 0.25) is 5.02 Å². The molecule has 1 fully saturated rings. The van der Waals surface area contributed by atoms with E-state index < -0.39 is 5.54 Å². The van der Waals surface area contributed by atoms with Crippen LogP contribution in [0.3, 0.4) is 0 Å². The highest BCUT2D eigenvalue weighted by atomic mass is 35.5. The number of halogens is 1. The molecule has 1 heterocycles. The lowest BCUT2D eigenvalue weighted by atomic mass is 9.83. The van der Waals surface area contributed by atoms with Crippen LogP contribution in [0.25, 0.3) is 0 Å². The standard InChI is InChI=1S/C18H20ClN5OS2/c1-12-5-6-13(9-14(12)19)21-16-23-24-17(27-16)26-10-15(25)22-18(11-20)7-3-2-4-8-18/h5-6,9H,2-4,7-8,10H2,1H3,(H,21,23)(H,22,25). The van der Waals surface area contributed by atoms with Gasteiger partial charge < -0.3 is 10.6 Å². The van der Waals surface area contributed by atoms with Gasteiger partial charge in [0.15, 0.2) is 4.34 Å². The average Bonchev–Trinajstić information content (AvgIpc) is 3.11. The molecule has 1 aromatic heterocycles. The Morgan fingerprint density at radius 2 is 2.15 bits per heavy atom. The molecule has 27 heavy (non-hydrogen) atoms. The van der Waals surface area contributed by atoms with Gasteiger partial charge in [-0.1, -0.05) is 60.0 Å². The van der Waals surface area contributed by atoms with Gasteiger partial charge in [-0.05, 0) is 37.5 Å². The summed E-state index contributed by atoms with van der Waals surface area (Å²) in [5.41, 5.74) is 1.15. The minimum Gasteiger partial charge on any atom is -0.337 e. The van der Waals surface area contributed by atoms with E-state index in [0.29, 0.717) is 14.5 Å². The number of nitriles is 1. The minimum absolute atomic E-state index is 0.140. The number of benzene rings is 1. The zero-order valence-electron chi connectivity index (χ0n) is 14.9. The van der Waals surface area contributed by atoms with Crippen molar-refractivity contribution in [1.82, 2.24) is 15.5 Å². The van der Waals surface area contributed by atoms with E-state index in [1.54, 1.807) is 0 Å². The topological polar surface area (TPSA) is 90.7 Å². The van der Waals surface area contributed by atoms with Crippen molar-refractivity contribution in [3.63, 3.8) is 0 Å². The van der Waals surface area contributed by atoms with E-state index in [0.717, 1.165) is 43.4 Å². The predicted molar refractivity (Wildman–Crippen MR) is 110 cm³/mol. The Hall–Kier alpha value is -1.82. The van der Waals surface area contributed by atoms with Crippen molar-refractivity contribution < 1.29 is 4.79 Å². The molecule has 0 unspecified atom stereocenters. The molecule has 0 bridgehead atoms. The van der Waals surface area contributed by atoms with Crippen LogP contribution in [0, 0.1) is 18.3 Å². The highest BCUT2D eigenvalue weighted by Crippen LogP contribution is 2.30. The van der Waals surface area contributed by atoms with E-state index in [-0.39, 0.29) is 11.7 Å². The number of nitrogens with zero attached hydrogens (tertiary/aromatic N) is 3. The number of thioether (sulfide) groups is 1. The quantitative estimate of drug-likeness (QED) is 0.658. The number of carbonyl (C=O) groups is 1. The van der Waals surface area contributed by atoms with Gasteiger partial charge in [-0.15, -0.1) is 10.2 Å². The van der Waals surface area contributed by atoms with Crippen LogP contribution in [0.4, 0.5) is 10.8 Å². The van der Waals surface area contributed by atoms with Gasteiger partial charge in [0.25, 0.3) is 0 Å². The van der Waals surface area contributed by atoms with Crippen LogP contribution in [-0.2, 0) is 4.79 Å². The van der Waals surface area contributed by atoms with Gasteiger partial charge in [-0.3, -0.25) is 4.79 Å². The maximum atomic E-state index is 12.3. The number of amides is 1. The Balaban J connectivity index is 1.52. The van der Waals surface area contributed by atoms with Gasteiger partial charge in [0.2, 0.25) is 11.0 Å². The second kappa shape index (κ2) is 8.91. The summed E-state index contributed by atoms with van der Waals surface area (Å²) in [6.45, 7) is 1.95. The predicted octanol–water partition coefficient (Wildman–Crippen LogP) is 4.68. The summed E-state index contributed by atoms with van der Waals surface area (Å²) in [6, 6.07) is 7.99. The van der Waals surface area contributed by atoms with Crippen molar-refractivity contribution in [3.05, 3.63) is 28.8 Å². The van der Waals surface area contributed by atoms with Crippen LogP contribution in [0.15, 0.2) is 22.5 Å². The van der Waals surface area contributed by atoms with E-state index in [1.165, 1.54) is 23.1 Å². The molecule has 2 aromatic rings. The fraction of sp³-hybridized carbons (Fsp3) is 0.444. The smallest absolute Gasteiger partial charge is 0.231 e. The fourth-order valence-corrected chi connectivity index (χ4v) is 4.72. The summed E-state index contributed by atoms with van der Waals surface area (Å²) >= 11 is 8.82. The molecular formula is C18H20ClN5OS2. The molecule has 1 aliphatic rings. The monoisotopic (exact) mass is 421 g/mol. The van der Waals surface area contributed by atoms with Crippen molar-refractivity contribution in [3.8, 4) is 6.07 Å². The zero-order valence-corrected chi connectivity index (χ0v) is 17.3. The summed E-state index contributed by atoms with van der Waals surface area (Å²) in [4.78, 5) is 12.3. The number of aryl methyl sites for hydroxylation is 1. The maximum Gasteiger partial charge on any atom is 0.231 e. The second-order valence-electron chi connectivity index (χ2n) is 6.55. The van der Waals surface area contributed by atoms with Crippen molar-refractivity contribution in [2.45, 2.75) is 48.9 Å². The molecule has 3 rings (SSSR count). The Labute approximate surface area is 171 Å². The third-order valence-electron chi connectivity index (χ3n) is 4.46. The summed E-state index contributed by atoms with van der Waals surface area (Å²) in [5, 5.41) is 25.0. The third kappa shape index (κ3) is 5.34. The number of carbonyl (C=O) groups excluding carboxylic acids is 1. The number of hydrogen-bond acceptors (Lipinski definition) is 7. The first kappa shape index (κ1) is 19.9. The first-order valence-corrected chi connectivity index (χ1v) is 10.9. The number of hydrogen-bond donors (Lipinski definition) is 2. The molecule has 142 valence electrons.